The monoisotopic (exact) mass is 339 g/mol. The molecule has 0 aliphatic rings. The third kappa shape index (κ3) is 2.53. The van der Waals surface area contributed by atoms with Gasteiger partial charge in [0.2, 0.25) is 0 Å². The van der Waals surface area contributed by atoms with E-state index in [1.54, 1.807) is 0 Å². The van der Waals surface area contributed by atoms with E-state index < -0.39 is 22.4 Å². The van der Waals surface area contributed by atoms with Crippen LogP contribution < -0.4 is 0 Å². The van der Waals surface area contributed by atoms with Crippen molar-refractivity contribution in [2.24, 2.45) is 0 Å². The molecule has 0 unspecified atom stereocenters. The maximum atomic E-state index is 14.0. The summed E-state index contributed by atoms with van der Waals surface area (Å²) in [5.41, 5.74) is -0.625. The summed E-state index contributed by atoms with van der Waals surface area (Å²) in [6.07, 6.45) is 0. The second kappa shape index (κ2) is 5.38. The Morgan fingerprint density at radius 3 is 2.55 bits per heavy atom. The van der Waals surface area contributed by atoms with Crippen LogP contribution in [0.4, 0.5) is 10.1 Å². The molecule has 0 aliphatic carbocycles. The molecule has 0 bridgehead atoms. The molecule has 0 saturated heterocycles. The number of nitro groups is 1. The minimum atomic E-state index is -1.28. The van der Waals surface area contributed by atoms with Gasteiger partial charge in [0.1, 0.15) is 5.82 Å². The fraction of sp³-hybridized carbons (Fsp3) is 0. The summed E-state index contributed by atoms with van der Waals surface area (Å²) in [6, 6.07) is 7.74. The van der Waals surface area contributed by atoms with E-state index in [9.17, 15) is 19.3 Å². The minimum absolute atomic E-state index is 0.0267. The average Bonchev–Trinajstić information content (AvgIpc) is 2.41. The van der Waals surface area contributed by atoms with Crippen molar-refractivity contribution in [2.75, 3.05) is 0 Å². The molecule has 2 aromatic rings. The van der Waals surface area contributed by atoms with E-state index >= 15 is 0 Å². The van der Waals surface area contributed by atoms with E-state index in [-0.39, 0.29) is 21.2 Å². The van der Waals surface area contributed by atoms with Gasteiger partial charge in [0, 0.05) is 11.6 Å². The zero-order valence-corrected chi connectivity index (χ0v) is 11.4. The second-order valence-electron chi connectivity index (χ2n) is 3.90. The number of nitrogens with zero attached hydrogens (tertiary/aromatic N) is 1. The van der Waals surface area contributed by atoms with Gasteiger partial charge in [0.05, 0.1) is 20.5 Å². The lowest BCUT2D eigenvalue weighted by Crippen LogP contribution is -2.00. The summed E-state index contributed by atoms with van der Waals surface area (Å²) in [4.78, 5) is 21.2. The van der Waals surface area contributed by atoms with Gasteiger partial charge in [-0.3, -0.25) is 10.1 Å². The molecule has 5 nitrogen and oxygen atoms in total. The van der Waals surface area contributed by atoms with Crippen LogP contribution in [-0.4, -0.2) is 16.0 Å². The zero-order valence-electron chi connectivity index (χ0n) is 9.84. The van der Waals surface area contributed by atoms with Crippen molar-refractivity contribution in [1.29, 1.82) is 0 Å². The highest BCUT2D eigenvalue weighted by Gasteiger charge is 2.21. The molecule has 0 radical (unpaired) electrons. The SMILES string of the molecule is O=C(O)c1ccc(-c2cccc(Br)c2F)c([N+](=O)[O-])c1. The van der Waals surface area contributed by atoms with Crippen LogP contribution in [-0.2, 0) is 0 Å². The molecule has 0 amide bonds. The van der Waals surface area contributed by atoms with Crippen LogP contribution in [0.5, 0.6) is 0 Å². The number of rotatable bonds is 3. The summed E-state index contributed by atoms with van der Waals surface area (Å²) in [6.45, 7) is 0. The predicted molar refractivity (Wildman–Crippen MR) is 73.1 cm³/mol. The molecular weight excluding hydrogens is 333 g/mol. The van der Waals surface area contributed by atoms with Crippen LogP contribution in [0.2, 0.25) is 0 Å². The lowest BCUT2D eigenvalue weighted by Gasteiger charge is -2.06. The van der Waals surface area contributed by atoms with Crippen LogP contribution in [0.25, 0.3) is 11.1 Å². The smallest absolute Gasteiger partial charge is 0.335 e. The number of hydrogen-bond donors (Lipinski definition) is 1. The zero-order chi connectivity index (χ0) is 14.9. The Labute approximate surface area is 120 Å². The van der Waals surface area contributed by atoms with E-state index in [2.05, 4.69) is 15.9 Å². The Morgan fingerprint density at radius 1 is 1.25 bits per heavy atom. The lowest BCUT2D eigenvalue weighted by molar-refractivity contribution is -0.384. The number of carbonyl (C=O) groups is 1. The number of carboxylic acid groups (broad SMARTS) is 1. The van der Waals surface area contributed by atoms with E-state index in [4.69, 9.17) is 5.11 Å². The number of carboxylic acids is 1. The summed E-state index contributed by atoms with van der Waals surface area (Å²) < 4.78 is 14.2. The molecule has 2 rings (SSSR count). The fourth-order valence-corrected chi connectivity index (χ4v) is 2.12. The van der Waals surface area contributed by atoms with Gasteiger partial charge < -0.3 is 5.11 Å². The van der Waals surface area contributed by atoms with Crippen molar-refractivity contribution in [1.82, 2.24) is 0 Å². The molecule has 0 heterocycles. The number of nitro benzene ring substituents is 1. The van der Waals surface area contributed by atoms with Crippen molar-refractivity contribution in [3.8, 4) is 11.1 Å². The number of hydrogen-bond acceptors (Lipinski definition) is 3. The van der Waals surface area contributed by atoms with Crippen molar-refractivity contribution in [2.45, 2.75) is 0 Å². The highest BCUT2D eigenvalue weighted by Crippen LogP contribution is 2.34. The Bertz CT molecular complexity index is 718. The average molecular weight is 340 g/mol. The predicted octanol–water partition coefficient (Wildman–Crippen LogP) is 3.86. The Morgan fingerprint density at radius 2 is 1.95 bits per heavy atom. The fourth-order valence-electron chi connectivity index (χ4n) is 1.76. The van der Waals surface area contributed by atoms with Gasteiger partial charge >= 0.3 is 5.97 Å². The highest BCUT2D eigenvalue weighted by atomic mass is 79.9. The largest absolute Gasteiger partial charge is 0.478 e. The minimum Gasteiger partial charge on any atom is -0.478 e. The van der Waals surface area contributed by atoms with E-state index in [0.29, 0.717) is 0 Å². The Balaban J connectivity index is 2.71. The van der Waals surface area contributed by atoms with Gasteiger partial charge in [-0.2, -0.15) is 0 Å². The molecular formula is C13H7BrFNO4. The van der Waals surface area contributed by atoms with Gasteiger partial charge in [0.15, 0.2) is 0 Å². The van der Waals surface area contributed by atoms with Crippen LogP contribution in [0.3, 0.4) is 0 Å². The number of aromatic carboxylic acids is 1. The first-order chi connectivity index (χ1) is 9.41. The van der Waals surface area contributed by atoms with Crippen LogP contribution in [0.15, 0.2) is 40.9 Å². The first-order valence-corrected chi connectivity index (χ1v) is 6.17. The van der Waals surface area contributed by atoms with Crippen LogP contribution >= 0.6 is 15.9 Å². The quantitative estimate of drug-likeness (QED) is 0.680. The maximum absolute atomic E-state index is 14.0. The standard InChI is InChI=1S/C13H7BrFNO4/c14-10-3-1-2-9(12(10)15)8-5-4-7(13(17)18)6-11(8)16(19)20/h1-6H,(H,17,18). The third-order valence-corrected chi connectivity index (χ3v) is 3.30. The molecule has 0 fully saturated rings. The molecule has 20 heavy (non-hydrogen) atoms. The summed E-state index contributed by atoms with van der Waals surface area (Å²) in [7, 11) is 0. The molecule has 0 saturated carbocycles. The van der Waals surface area contributed by atoms with E-state index in [1.807, 2.05) is 0 Å². The third-order valence-electron chi connectivity index (χ3n) is 2.68. The highest BCUT2D eigenvalue weighted by molar-refractivity contribution is 9.10. The van der Waals surface area contributed by atoms with Crippen LogP contribution in [0.1, 0.15) is 10.4 Å². The van der Waals surface area contributed by atoms with Gasteiger partial charge in [-0.1, -0.05) is 12.1 Å². The first kappa shape index (κ1) is 14.1. The topological polar surface area (TPSA) is 80.4 Å². The lowest BCUT2D eigenvalue weighted by atomic mass is 10.0. The van der Waals surface area contributed by atoms with Gasteiger partial charge in [-0.25, -0.2) is 9.18 Å². The molecule has 2 aromatic carbocycles. The van der Waals surface area contributed by atoms with Crippen molar-refractivity contribution in [3.63, 3.8) is 0 Å². The van der Waals surface area contributed by atoms with Crippen LogP contribution in [0, 0.1) is 15.9 Å². The molecule has 0 spiro atoms. The molecule has 0 atom stereocenters. The van der Waals surface area contributed by atoms with E-state index in [0.717, 1.165) is 6.07 Å². The second-order valence-corrected chi connectivity index (χ2v) is 4.75. The molecule has 102 valence electrons. The summed E-state index contributed by atoms with van der Waals surface area (Å²) in [5.74, 6) is -1.92. The van der Waals surface area contributed by atoms with E-state index in [1.165, 1.54) is 30.3 Å². The molecule has 1 N–H and O–H groups in total. The molecule has 0 aromatic heterocycles. The summed E-state index contributed by atoms with van der Waals surface area (Å²) in [5, 5.41) is 19.9. The van der Waals surface area contributed by atoms with Gasteiger partial charge in [-0.15, -0.1) is 0 Å². The molecule has 7 heteroatoms. The number of halogens is 2. The Hall–Kier alpha value is -2.28. The Kier molecular flexibility index (Phi) is 3.80. The van der Waals surface area contributed by atoms with Gasteiger partial charge in [-0.05, 0) is 34.1 Å². The van der Waals surface area contributed by atoms with Gasteiger partial charge in [0.25, 0.3) is 5.69 Å². The van der Waals surface area contributed by atoms with Crippen molar-refractivity contribution in [3.05, 3.63) is 62.4 Å². The van der Waals surface area contributed by atoms with Crippen molar-refractivity contribution >= 4 is 27.6 Å². The first-order valence-electron chi connectivity index (χ1n) is 5.38. The summed E-state index contributed by atoms with van der Waals surface area (Å²) >= 11 is 3.00. The maximum Gasteiger partial charge on any atom is 0.335 e. The normalized spacial score (nSPS) is 10.3. The van der Waals surface area contributed by atoms with Crippen molar-refractivity contribution < 1.29 is 19.2 Å². The molecule has 0 aliphatic heterocycles. The number of benzene rings is 2.